The largest absolute Gasteiger partial charge is 1.00 e. The van der Waals surface area contributed by atoms with Crippen molar-refractivity contribution >= 4 is 5.91 Å². The molecule has 1 fully saturated rings. The van der Waals surface area contributed by atoms with Gasteiger partial charge in [0, 0.05) is 12.6 Å². The molecule has 1 saturated heterocycles. The predicted octanol–water partition coefficient (Wildman–Crippen LogP) is -4.19. The molecule has 4 heteroatoms. The van der Waals surface area contributed by atoms with Gasteiger partial charge in [-0.05, 0) is 0 Å². The zero-order valence-electron chi connectivity index (χ0n) is 5.96. The van der Waals surface area contributed by atoms with Crippen LogP contribution in [0.5, 0.6) is 0 Å². The molecule has 60 valence electrons. The van der Waals surface area contributed by atoms with Crippen molar-refractivity contribution in [3.63, 3.8) is 0 Å². The Bertz CT molecular complexity index is 235. The molecule has 0 atom stereocenters. The van der Waals surface area contributed by atoms with Gasteiger partial charge in [-0.3, -0.25) is 0 Å². The molecule has 0 bridgehead atoms. The van der Waals surface area contributed by atoms with Crippen LogP contribution in [0.25, 0.3) is 0 Å². The highest BCUT2D eigenvalue weighted by atomic mass is 35.5. The van der Waals surface area contributed by atoms with E-state index in [2.05, 4.69) is 11.0 Å². The van der Waals surface area contributed by atoms with E-state index >= 15 is 0 Å². The summed E-state index contributed by atoms with van der Waals surface area (Å²) in [5.41, 5.74) is 0. The van der Waals surface area contributed by atoms with E-state index in [4.69, 9.17) is 0 Å². The number of allylic oxidation sites excluding steroid dienone is 2. The molecule has 0 aromatic heterocycles. The Hall–Kier alpha value is -0.800. The van der Waals surface area contributed by atoms with Crippen LogP contribution in [0.4, 0.5) is 0 Å². The average molecular weight is 173 g/mol. The Balaban J connectivity index is 0.000000605. The number of nitrogens with two attached hydrogens (primary N) is 1. The fourth-order valence-corrected chi connectivity index (χ4v) is 1.26. The van der Waals surface area contributed by atoms with Crippen molar-refractivity contribution in [1.29, 1.82) is 0 Å². The first kappa shape index (κ1) is 8.30. The van der Waals surface area contributed by atoms with Gasteiger partial charge in [0.05, 0.1) is 0 Å². The highest BCUT2D eigenvalue weighted by Gasteiger charge is 2.28. The molecule has 0 aromatic carbocycles. The Morgan fingerprint density at radius 3 is 3.09 bits per heavy atom. The van der Waals surface area contributed by atoms with Gasteiger partial charge in [-0.2, -0.15) is 0 Å². The van der Waals surface area contributed by atoms with E-state index in [0.717, 1.165) is 12.4 Å². The Labute approximate surface area is 71.2 Å². The molecule has 2 aliphatic heterocycles. The third-order valence-corrected chi connectivity index (χ3v) is 1.75. The molecule has 0 saturated carbocycles. The standard InChI is InChI=1S/C7H8N2O.ClH/c10-7-5-9-4-2-1-3-6(9)8-7;/h1-3H,4-5H2,(H,8,10);1H. The first-order chi connectivity index (χ1) is 4.86. The van der Waals surface area contributed by atoms with Gasteiger partial charge >= 0.3 is 5.91 Å². The number of hydrogen-bond donors (Lipinski definition) is 1. The average Bonchev–Trinajstić information content (AvgIpc) is 2.27. The van der Waals surface area contributed by atoms with Gasteiger partial charge in [0.15, 0.2) is 0 Å². The van der Waals surface area contributed by atoms with Crippen LogP contribution in [0.1, 0.15) is 0 Å². The van der Waals surface area contributed by atoms with Gasteiger partial charge in [0.1, 0.15) is 6.54 Å². The number of amides is 1. The molecule has 0 aromatic rings. The molecule has 0 radical (unpaired) electrons. The summed E-state index contributed by atoms with van der Waals surface area (Å²) >= 11 is 0. The van der Waals surface area contributed by atoms with Crippen LogP contribution in [0.15, 0.2) is 24.0 Å². The van der Waals surface area contributed by atoms with Gasteiger partial charge < -0.3 is 17.3 Å². The summed E-state index contributed by atoms with van der Waals surface area (Å²) in [5.74, 6) is 1.28. The number of halogens is 1. The summed E-state index contributed by atoms with van der Waals surface area (Å²) in [6.45, 7) is 1.45. The van der Waals surface area contributed by atoms with Gasteiger partial charge in [-0.1, -0.05) is 12.2 Å². The first-order valence-electron chi connectivity index (χ1n) is 3.35. The van der Waals surface area contributed by atoms with Gasteiger partial charge in [0.2, 0.25) is 5.82 Å². The lowest BCUT2D eigenvalue weighted by Gasteiger charge is -2.13. The van der Waals surface area contributed by atoms with E-state index in [1.54, 1.807) is 5.32 Å². The summed E-state index contributed by atoms with van der Waals surface area (Å²) in [5, 5.41) is 1.70. The molecular weight excluding hydrogens is 164 g/mol. The maximum atomic E-state index is 10.8. The third-order valence-electron chi connectivity index (χ3n) is 1.75. The fourth-order valence-electron chi connectivity index (χ4n) is 1.26. The number of hydrogen-bond acceptors (Lipinski definition) is 2. The van der Waals surface area contributed by atoms with Gasteiger partial charge in [-0.15, -0.1) is 0 Å². The molecule has 0 spiro atoms. The van der Waals surface area contributed by atoms with Crippen LogP contribution >= 0.6 is 0 Å². The van der Waals surface area contributed by atoms with E-state index in [1.807, 2.05) is 12.2 Å². The summed E-state index contributed by atoms with van der Waals surface area (Å²) in [6, 6.07) is 0. The second-order valence-corrected chi connectivity index (χ2v) is 2.51. The van der Waals surface area contributed by atoms with Crippen LogP contribution in [-0.4, -0.2) is 23.9 Å². The number of quaternary nitrogens is 1. The van der Waals surface area contributed by atoms with Crippen LogP contribution < -0.4 is 17.7 Å². The van der Waals surface area contributed by atoms with E-state index in [1.165, 1.54) is 0 Å². The molecule has 11 heavy (non-hydrogen) atoms. The lowest BCUT2D eigenvalue weighted by atomic mass is 10.3. The van der Waals surface area contributed by atoms with Crippen LogP contribution in [0, 0.1) is 0 Å². The van der Waals surface area contributed by atoms with Crippen molar-refractivity contribution in [3.8, 4) is 0 Å². The monoisotopic (exact) mass is 172 g/mol. The summed E-state index contributed by atoms with van der Waals surface area (Å²) < 4.78 is 0. The van der Waals surface area contributed by atoms with E-state index in [0.29, 0.717) is 6.54 Å². The Morgan fingerprint density at radius 2 is 2.36 bits per heavy atom. The predicted molar refractivity (Wildman–Crippen MR) is 35.7 cm³/mol. The molecule has 0 aliphatic carbocycles. The van der Waals surface area contributed by atoms with Crippen molar-refractivity contribution < 1.29 is 22.5 Å². The number of nitrogens with zero attached hydrogens (tertiary/aromatic N) is 1. The minimum atomic E-state index is 0. The third kappa shape index (κ3) is 1.44. The second kappa shape index (κ2) is 3.07. The van der Waals surface area contributed by atoms with Crippen molar-refractivity contribution in [1.82, 2.24) is 4.90 Å². The Morgan fingerprint density at radius 1 is 1.55 bits per heavy atom. The Kier molecular flexibility index (Phi) is 2.31. The summed E-state index contributed by atoms with van der Waals surface area (Å²) in [7, 11) is 0. The maximum Gasteiger partial charge on any atom is 0.336 e. The SMILES string of the molecule is O=C1CN2CC=CC=C2[NH2+]1.[Cl-]. The molecule has 3 nitrogen and oxygen atoms in total. The molecule has 2 heterocycles. The summed E-state index contributed by atoms with van der Waals surface area (Å²) in [6.07, 6.45) is 6.01. The number of primary amides is 1. The molecule has 1 amide bonds. The van der Waals surface area contributed by atoms with Crippen molar-refractivity contribution in [2.75, 3.05) is 13.1 Å². The van der Waals surface area contributed by atoms with E-state index in [-0.39, 0.29) is 18.3 Å². The maximum absolute atomic E-state index is 10.8. The van der Waals surface area contributed by atoms with Crippen LogP contribution in [0.2, 0.25) is 0 Å². The fraction of sp³-hybridized carbons (Fsp3) is 0.286. The zero-order valence-corrected chi connectivity index (χ0v) is 6.71. The number of carbonyl (C=O) groups excluding carboxylic acids is 1. The normalized spacial score (nSPS) is 20.9. The number of fused-ring (bicyclic) bond motifs is 1. The minimum Gasteiger partial charge on any atom is -1.00 e. The molecule has 2 aliphatic rings. The van der Waals surface area contributed by atoms with E-state index < -0.39 is 0 Å². The van der Waals surface area contributed by atoms with Gasteiger partial charge in [-0.25, -0.2) is 10.1 Å². The van der Waals surface area contributed by atoms with E-state index in [9.17, 15) is 4.79 Å². The van der Waals surface area contributed by atoms with Gasteiger partial charge in [0.25, 0.3) is 0 Å². The second-order valence-electron chi connectivity index (χ2n) is 2.51. The number of carbonyl (C=O) groups is 1. The minimum absolute atomic E-state index is 0. The summed E-state index contributed by atoms with van der Waals surface area (Å²) in [4.78, 5) is 12.9. The molecular formula is C7H9ClN2O. The van der Waals surface area contributed by atoms with Crippen molar-refractivity contribution in [2.45, 2.75) is 0 Å². The highest BCUT2D eigenvalue weighted by molar-refractivity contribution is 5.71. The van der Waals surface area contributed by atoms with Crippen molar-refractivity contribution in [3.05, 3.63) is 24.0 Å². The molecule has 0 unspecified atom stereocenters. The lowest BCUT2D eigenvalue weighted by molar-refractivity contribution is -0.515. The quantitative estimate of drug-likeness (QED) is 0.403. The van der Waals surface area contributed by atoms with Crippen molar-refractivity contribution in [2.24, 2.45) is 0 Å². The molecule has 2 N–H and O–H groups in total. The zero-order chi connectivity index (χ0) is 6.97. The highest BCUT2D eigenvalue weighted by Crippen LogP contribution is 2.05. The topological polar surface area (TPSA) is 36.9 Å². The van der Waals surface area contributed by atoms with Crippen LogP contribution in [-0.2, 0) is 4.79 Å². The molecule has 2 rings (SSSR count). The smallest absolute Gasteiger partial charge is 0.336 e. The first-order valence-corrected chi connectivity index (χ1v) is 3.35. The number of rotatable bonds is 0. The van der Waals surface area contributed by atoms with Crippen LogP contribution in [0.3, 0.4) is 0 Å². The lowest BCUT2D eigenvalue weighted by Crippen LogP contribution is -3.00.